The molecule has 1 aliphatic rings. The van der Waals surface area contributed by atoms with Gasteiger partial charge in [0.15, 0.2) is 5.60 Å². The van der Waals surface area contributed by atoms with Crippen molar-refractivity contribution in [3.8, 4) is 11.5 Å². The highest BCUT2D eigenvalue weighted by Crippen LogP contribution is 2.43. The molecule has 1 heterocycles. The van der Waals surface area contributed by atoms with Crippen LogP contribution < -0.4 is 9.46 Å². The maximum absolute atomic E-state index is 12.8. The largest absolute Gasteiger partial charge is 0.507 e. The van der Waals surface area contributed by atoms with Gasteiger partial charge in [-0.25, -0.2) is 13.1 Å². The number of carbonyl (C=O) groups excluding carboxylic acids is 1. The molecule has 0 aromatic heterocycles. The SMILES string of the molecule is Cc1c(C)c2c(c(C)c1O)CCC(C)(C(=O)NS(=O)(=O)c1ccccc1)O2. The van der Waals surface area contributed by atoms with Crippen LogP contribution in [0.15, 0.2) is 35.2 Å². The monoisotopic (exact) mass is 389 g/mol. The highest BCUT2D eigenvalue weighted by atomic mass is 32.2. The molecule has 1 amide bonds. The number of fused-ring (bicyclic) bond motifs is 1. The maximum Gasteiger partial charge on any atom is 0.277 e. The third-order valence-corrected chi connectivity index (χ3v) is 6.63. The van der Waals surface area contributed by atoms with E-state index in [-0.39, 0.29) is 10.6 Å². The Balaban J connectivity index is 1.92. The molecule has 0 bridgehead atoms. The van der Waals surface area contributed by atoms with Crippen molar-refractivity contribution < 1.29 is 23.1 Å². The lowest BCUT2D eigenvalue weighted by Gasteiger charge is -2.36. The summed E-state index contributed by atoms with van der Waals surface area (Å²) in [7, 11) is -3.98. The van der Waals surface area contributed by atoms with Gasteiger partial charge in [0.05, 0.1) is 4.90 Å². The molecular weight excluding hydrogens is 366 g/mol. The van der Waals surface area contributed by atoms with E-state index >= 15 is 0 Å². The van der Waals surface area contributed by atoms with Crippen molar-refractivity contribution in [1.29, 1.82) is 0 Å². The Bertz CT molecular complexity index is 1010. The number of amides is 1. The van der Waals surface area contributed by atoms with Crippen LogP contribution in [0, 0.1) is 20.8 Å². The molecule has 0 saturated carbocycles. The fraction of sp³-hybridized carbons (Fsp3) is 0.350. The molecule has 3 rings (SSSR count). The van der Waals surface area contributed by atoms with Gasteiger partial charge in [-0.3, -0.25) is 4.79 Å². The van der Waals surface area contributed by atoms with E-state index in [4.69, 9.17) is 4.74 Å². The second kappa shape index (κ2) is 6.56. The second-order valence-electron chi connectivity index (χ2n) is 7.11. The zero-order valence-corrected chi connectivity index (χ0v) is 16.6. The Morgan fingerprint density at radius 1 is 1.11 bits per heavy atom. The number of phenols is 1. The molecule has 0 radical (unpaired) electrons. The van der Waals surface area contributed by atoms with Gasteiger partial charge in [-0.15, -0.1) is 0 Å². The first-order valence-electron chi connectivity index (χ1n) is 8.70. The Hall–Kier alpha value is -2.54. The summed E-state index contributed by atoms with van der Waals surface area (Å²) < 4.78 is 33.1. The summed E-state index contributed by atoms with van der Waals surface area (Å²) in [4.78, 5) is 12.8. The summed E-state index contributed by atoms with van der Waals surface area (Å²) in [6.45, 7) is 7.00. The van der Waals surface area contributed by atoms with Crippen LogP contribution in [0.3, 0.4) is 0 Å². The number of ether oxygens (including phenoxy) is 1. The topological polar surface area (TPSA) is 92.7 Å². The zero-order valence-electron chi connectivity index (χ0n) is 15.8. The molecule has 0 spiro atoms. The molecule has 6 nitrogen and oxygen atoms in total. The summed E-state index contributed by atoms with van der Waals surface area (Å²) in [6.07, 6.45) is 0.810. The average molecular weight is 389 g/mol. The van der Waals surface area contributed by atoms with Crippen molar-refractivity contribution in [3.05, 3.63) is 52.6 Å². The van der Waals surface area contributed by atoms with Gasteiger partial charge >= 0.3 is 0 Å². The van der Waals surface area contributed by atoms with Gasteiger partial charge in [0.1, 0.15) is 11.5 Å². The number of aromatic hydroxyl groups is 1. The molecule has 0 aliphatic carbocycles. The van der Waals surface area contributed by atoms with Crippen molar-refractivity contribution in [1.82, 2.24) is 4.72 Å². The summed E-state index contributed by atoms with van der Waals surface area (Å²) in [5.41, 5.74) is 1.69. The predicted molar refractivity (Wildman–Crippen MR) is 101 cm³/mol. The number of hydrogen-bond donors (Lipinski definition) is 2. The number of carbonyl (C=O) groups is 1. The van der Waals surface area contributed by atoms with Crippen molar-refractivity contribution in [3.63, 3.8) is 0 Å². The fourth-order valence-electron chi connectivity index (χ4n) is 3.30. The number of benzene rings is 2. The van der Waals surface area contributed by atoms with Crippen LogP contribution in [0.25, 0.3) is 0 Å². The van der Waals surface area contributed by atoms with Crippen LogP contribution in [0.2, 0.25) is 0 Å². The molecule has 7 heteroatoms. The van der Waals surface area contributed by atoms with Gasteiger partial charge < -0.3 is 9.84 Å². The van der Waals surface area contributed by atoms with E-state index in [2.05, 4.69) is 4.72 Å². The van der Waals surface area contributed by atoms with Crippen molar-refractivity contribution in [2.75, 3.05) is 0 Å². The quantitative estimate of drug-likeness (QED) is 0.842. The summed E-state index contributed by atoms with van der Waals surface area (Å²) >= 11 is 0. The lowest BCUT2D eigenvalue weighted by Crippen LogP contribution is -2.52. The van der Waals surface area contributed by atoms with Crippen LogP contribution >= 0.6 is 0 Å². The summed E-state index contributed by atoms with van der Waals surface area (Å²) in [5, 5.41) is 10.2. The highest BCUT2D eigenvalue weighted by molar-refractivity contribution is 7.90. The second-order valence-corrected chi connectivity index (χ2v) is 8.79. The molecule has 1 aliphatic heterocycles. The Morgan fingerprint density at radius 2 is 1.74 bits per heavy atom. The highest BCUT2D eigenvalue weighted by Gasteiger charge is 2.42. The van der Waals surface area contributed by atoms with Crippen LogP contribution in [-0.4, -0.2) is 25.0 Å². The third kappa shape index (κ3) is 3.27. The number of rotatable bonds is 3. The lowest BCUT2D eigenvalue weighted by molar-refractivity contribution is -0.134. The molecule has 144 valence electrons. The fourth-order valence-corrected chi connectivity index (χ4v) is 4.39. The van der Waals surface area contributed by atoms with E-state index in [1.165, 1.54) is 12.1 Å². The standard InChI is InChI=1S/C20H23NO5S/c1-12-13(2)18-16(14(3)17(12)22)10-11-20(4,26-18)19(23)21-27(24,25)15-8-6-5-7-9-15/h5-9,22H,10-11H2,1-4H3,(H,21,23). The molecule has 0 saturated heterocycles. The molecule has 0 fully saturated rings. The molecule has 1 unspecified atom stereocenters. The van der Waals surface area contributed by atoms with E-state index in [0.29, 0.717) is 24.2 Å². The number of nitrogens with one attached hydrogen (secondary N) is 1. The van der Waals surface area contributed by atoms with Gasteiger partial charge in [-0.05, 0) is 62.9 Å². The Labute approximate surface area is 159 Å². The van der Waals surface area contributed by atoms with E-state index < -0.39 is 21.5 Å². The Kier molecular flexibility index (Phi) is 4.67. The normalized spacial score (nSPS) is 19.1. The first kappa shape index (κ1) is 19.2. The minimum atomic E-state index is -3.98. The van der Waals surface area contributed by atoms with E-state index in [1.54, 1.807) is 32.0 Å². The Morgan fingerprint density at radius 3 is 2.37 bits per heavy atom. The molecular formula is C20H23NO5S. The number of hydrogen-bond acceptors (Lipinski definition) is 5. The summed E-state index contributed by atoms with van der Waals surface area (Å²) in [6, 6.07) is 7.74. The molecule has 2 aromatic carbocycles. The van der Waals surface area contributed by atoms with Crippen LogP contribution in [0.1, 0.15) is 35.6 Å². The van der Waals surface area contributed by atoms with E-state index in [1.807, 2.05) is 13.8 Å². The van der Waals surface area contributed by atoms with E-state index in [0.717, 1.165) is 16.7 Å². The van der Waals surface area contributed by atoms with Gasteiger partial charge in [0.2, 0.25) is 0 Å². The van der Waals surface area contributed by atoms with Crippen molar-refractivity contribution >= 4 is 15.9 Å². The molecule has 27 heavy (non-hydrogen) atoms. The molecule has 1 atom stereocenters. The molecule has 2 N–H and O–H groups in total. The van der Waals surface area contributed by atoms with Crippen LogP contribution in [-0.2, 0) is 21.2 Å². The average Bonchev–Trinajstić information content (AvgIpc) is 2.65. The summed E-state index contributed by atoms with van der Waals surface area (Å²) in [5.74, 6) is 0.0677. The maximum atomic E-state index is 12.8. The minimum Gasteiger partial charge on any atom is -0.507 e. The predicted octanol–water partition coefficient (Wildman–Crippen LogP) is 2.91. The van der Waals surface area contributed by atoms with Crippen molar-refractivity contribution in [2.24, 2.45) is 0 Å². The van der Waals surface area contributed by atoms with Gasteiger partial charge in [-0.1, -0.05) is 18.2 Å². The number of phenolic OH excluding ortho intramolecular Hbond substituents is 1. The first-order chi connectivity index (χ1) is 12.6. The number of sulfonamides is 1. The lowest BCUT2D eigenvalue weighted by atomic mass is 9.87. The van der Waals surface area contributed by atoms with E-state index in [9.17, 15) is 18.3 Å². The molecule has 2 aromatic rings. The smallest absolute Gasteiger partial charge is 0.277 e. The third-order valence-electron chi connectivity index (χ3n) is 5.28. The minimum absolute atomic E-state index is 0.0194. The van der Waals surface area contributed by atoms with Gasteiger partial charge in [0, 0.05) is 12.0 Å². The van der Waals surface area contributed by atoms with Crippen LogP contribution in [0.5, 0.6) is 11.5 Å². The van der Waals surface area contributed by atoms with Crippen molar-refractivity contribution in [2.45, 2.75) is 51.0 Å². The van der Waals surface area contributed by atoms with Crippen LogP contribution in [0.4, 0.5) is 0 Å². The zero-order chi connectivity index (χ0) is 20.0. The van der Waals surface area contributed by atoms with Gasteiger partial charge in [-0.2, -0.15) is 0 Å². The van der Waals surface area contributed by atoms with Gasteiger partial charge in [0.25, 0.3) is 15.9 Å². The first-order valence-corrected chi connectivity index (χ1v) is 10.2.